The smallest absolute Gasteiger partial charge is 0.318 e. The van der Waals surface area contributed by atoms with Crippen LogP contribution in [0.15, 0.2) is 36.0 Å². The van der Waals surface area contributed by atoms with Gasteiger partial charge < -0.3 is 10.6 Å². The van der Waals surface area contributed by atoms with Crippen LogP contribution in [-0.2, 0) is 6.42 Å². The van der Waals surface area contributed by atoms with Crippen molar-refractivity contribution in [1.82, 2.24) is 10.6 Å². The summed E-state index contributed by atoms with van der Waals surface area (Å²) in [6.45, 7) is 2.63. The van der Waals surface area contributed by atoms with Gasteiger partial charge in [0, 0.05) is 17.8 Å². The Balaban J connectivity index is 1.69. The van der Waals surface area contributed by atoms with Crippen molar-refractivity contribution >= 4 is 17.6 Å². The molecule has 2 rings (SSSR count). The van der Waals surface area contributed by atoms with Gasteiger partial charge in [-0.1, -0.05) is 35.4 Å². The number of hydrogen-bond acceptors (Lipinski definition) is 1. The van der Waals surface area contributed by atoms with Crippen molar-refractivity contribution in [2.24, 2.45) is 5.92 Å². The van der Waals surface area contributed by atoms with E-state index in [4.69, 9.17) is 11.6 Å². The number of urea groups is 1. The molecule has 102 valence electrons. The second kappa shape index (κ2) is 6.62. The molecule has 4 heteroatoms. The number of carbonyl (C=O) groups excluding carboxylic acids is 1. The van der Waals surface area contributed by atoms with Gasteiger partial charge in [-0.15, -0.1) is 0 Å². The molecule has 0 heterocycles. The molecule has 0 atom stereocenters. The lowest BCUT2D eigenvalue weighted by Gasteiger charge is -2.07. The normalized spacial score (nSPS) is 15.2. The SMILES string of the molecule is C/C(=C\NC(=O)NCCc1ccccc1Cl)C1CC1. The molecule has 1 saturated carbocycles. The van der Waals surface area contributed by atoms with Gasteiger partial charge in [-0.2, -0.15) is 0 Å². The monoisotopic (exact) mass is 278 g/mol. The third-order valence-corrected chi connectivity index (χ3v) is 3.66. The molecule has 1 aromatic carbocycles. The third kappa shape index (κ3) is 4.60. The molecule has 2 N–H and O–H groups in total. The third-order valence-electron chi connectivity index (χ3n) is 3.29. The minimum absolute atomic E-state index is 0.160. The van der Waals surface area contributed by atoms with E-state index in [1.165, 1.54) is 18.4 Å². The molecule has 0 saturated heterocycles. The zero-order valence-corrected chi connectivity index (χ0v) is 11.8. The Morgan fingerprint density at radius 3 is 2.84 bits per heavy atom. The van der Waals surface area contributed by atoms with Crippen molar-refractivity contribution in [2.45, 2.75) is 26.2 Å². The molecular formula is C15H19ClN2O. The van der Waals surface area contributed by atoms with Crippen molar-refractivity contribution in [3.05, 3.63) is 46.6 Å². The van der Waals surface area contributed by atoms with Gasteiger partial charge in [0.15, 0.2) is 0 Å². The van der Waals surface area contributed by atoms with Gasteiger partial charge in [0.2, 0.25) is 0 Å². The molecule has 0 spiro atoms. The lowest BCUT2D eigenvalue weighted by Crippen LogP contribution is -2.33. The van der Waals surface area contributed by atoms with E-state index in [1.54, 1.807) is 0 Å². The highest BCUT2D eigenvalue weighted by Gasteiger charge is 2.22. The van der Waals surface area contributed by atoms with Gasteiger partial charge >= 0.3 is 6.03 Å². The Kier molecular flexibility index (Phi) is 4.86. The molecule has 1 aromatic rings. The lowest BCUT2D eigenvalue weighted by molar-refractivity contribution is 0.244. The Labute approximate surface area is 119 Å². The molecule has 1 aliphatic rings. The fraction of sp³-hybridized carbons (Fsp3) is 0.400. The van der Waals surface area contributed by atoms with Gasteiger partial charge in [0.1, 0.15) is 0 Å². The van der Waals surface area contributed by atoms with Crippen molar-refractivity contribution in [3.8, 4) is 0 Å². The number of carbonyl (C=O) groups is 1. The first-order valence-electron chi connectivity index (χ1n) is 6.61. The van der Waals surface area contributed by atoms with Gasteiger partial charge in [0.05, 0.1) is 0 Å². The highest BCUT2D eigenvalue weighted by molar-refractivity contribution is 6.31. The maximum Gasteiger partial charge on any atom is 0.318 e. The van der Waals surface area contributed by atoms with Crippen molar-refractivity contribution in [1.29, 1.82) is 0 Å². The minimum Gasteiger partial charge on any atom is -0.338 e. The van der Waals surface area contributed by atoms with Crippen molar-refractivity contribution in [3.63, 3.8) is 0 Å². The minimum atomic E-state index is -0.160. The second-order valence-electron chi connectivity index (χ2n) is 4.90. The molecule has 1 fully saturated rings. The van der Waals surface area contributed by atoms with Crippen LogP contribution >= 0.6 is 11.6 Å². The highest BCUT2D eigenvalue weighted by Crippen LogP contribution is 2.35. The maximum absolute atomic E-state index is 11.6. The number of rotatable bonds is 5. The number of benzene rings is 1. The van der Waals surface area contributed by atoms with E-state index in [0.29, 0.717) is 12.5 Å². The summed E-state index contributed by atoms with van der Waals surface area (Å²) in [5.74, 6) is 0.684. The molecule has 0 aromatic heterocycles. The zero-order valence-electron chi connectivity index (χ0n) is 11.1. The van der Waals surface area contributed by atoms with Crippen molar-refractivity contribution < 1.29 is 4.79 Å². The number of allylic oxidation sites excluding steroid dienone is 1. The Morgan fingerprint density at radius 2 is 2.16 bits per heavy atom. The predicted octanol–water partition coefficient (Wildman–Crippen LogP) is 3.50. The van der Waals surface area contributed by atoms with Crippen LogP contribution < -0.4 is 10.6 Å². The summed E-state index contributed by atoms with van der Waals surface area (Å²) >= 11 is 6.05. The summed E-state index contributed by atoms with van der Waals surface area (Å²) in [5.41, 5.74) is 2.30. The molecule has 0 radical (unpaired) electrons. The fourth-order valence-corrected chi connectivity index (χ4v) is 2.13. The average molecular weight is 279 g/mol. The van der Waals surface area contributed by atoms with Crippen LogP contribution in [0.5, 0.6) is 0 Å². The summed E-state index contributed by atoms with van der Waals surface area (Å²) in [6.07, 6.45) is 5.04. The first kappa shape index (κ1) is 13.9. The molecule has 0 unspecified atom stereocenters. The number of amides is 2. The van der Waals surface area contributed by atoms with E-state index in [-0.39, 0.29) is 6.03 Å². The molecular weight excluding hydrogens is 260 g/mol. The molecule has 2 amide bonds. The number of nitrogens with one attached hydrogen (secondary N) is 2. The summed E-state index contributed by atoms with van der Waals surface area (Å²) in [7, 11) is 0. The molecule has 0 aliphatic heterocycles. The van der Waals surface area contributed by atoms with E-state index >= 15 is 0 Å². The van der Waals surface area contributed by atoms with E-state index in [9.17, 15) is 4.79 Å². The number of halogens is 1. The van der Waals surface area contributed by atoms with Crippen LogP contribution in [0.4, 0.5) is 4.79 Å². The zero-order chi connectivity index (χ0) is 13.7. The Morgan fingerprint density at radius 1 is 1.42 bits per heavy atom. The standard InChI is InChI=1S/C15H19ClN2O/c1-11(12-6-7-12)10-18-15(19)17-9-8-13-4-2-3-5-14(13)16/h2-5,10,12H,6-9H2,1H3,(H2,17,18,19)/b11-10+. The van der Waals surface area contributed by atoms with Crippen LogP contribution in [0.1, 0.15) is 25.3 Å². The van der Waals surface area contributed by atoms with E-state index < -0.39 is 0 Å². The second-order valence-corrected chi connectivity index (χ2v) is 5.31. The van der Waals surface area contributed by atoms with Gasteiger partial charge in [-0.05, 0) is 43.7 Å². The van der Waals surface area contributed by atoms with Crippen LogP contribution in [0.25, 0.3) is 0 Å². The Hall–Kier alpha value is -1.48. The van der Waals surface area contributed by atoms with Gasteiger partial charge in [-0.25, -0.2) is 4.79 Å². The van der Waals surface area contributed by atoms with Crippen LogP contribution in [0, 0.1) is 5.92 Å². The van der Waals surface area contributed by atoms with E-state index in [2.05, 4.69) is 17.6 Å². The molecule has 1 aliphatic carbocycles. The Bertz CT molecular complexity index is 481. The quantitative estimate of drug-likeness (QED) is 0.850. The van der Waals surface area contributed by atoms with Crippen LogP contribution in [-0.4, -0.2) is 12.6 Å². The van der Waals surface area contributed by atoms with Crippen molar-refractivity contribution in [2.75, 3.05) is 6.54 Å². The summed E-state index contributed by atoms with van der Waals surface area (Å²) < 4.78 is 0. The first-order chi connectivity index (χ1) is 9.16. The van der Waals surface area contributed by atoms with Gasteiger partial charge in [-0.3, -0.25) is 0 Å². The highest BCUT2D eigenvalue weighted by atomic mass is 35.5. The largest absolute Gasteiger partial charge is 0.338 e. The number of hydrogen-bond donors (Lipinski definition) is 2. The maximum atomic E-state index is 11.6. The van der Waals surface area contributed by atoms with E-state index in [1.807, 2.05) is 30.5 Å². The molecule has 3 nitrogen and oxygen atoms in total. The summed E-state index contributed by atoms with van der Waals surface area (Å²) in [6, 6.07) is 7.52. The van der Waals surface area contributed by atoms with Gasteiger partial charge in [0.25, 0.3) is 0 Å². The van der Waals surface area contributed by atoms with Crippen LogP contribution in [0.3, 0.4) is 0 Å². The lowest BCUT2D eigenvalue weighted by atomic mass is 10.1. The topological polar surface area (TPSA) is 41.1 Å². The summed E-state index contributed by atoms with van der Waals surface area (Å²) in [5, 5.41) is 6.32. The molecule has 19 heavy (non-hydrogen) atoms. The van der Waals surface area contributed by atoms with E-state index in [0.717, 1.165) is 17.0 Å². The fourth-order valence-electron chi connectivity index (χ4n) is 1.90. The predicted molar refractivity (Wildman–Crippen MR) is 78.2 cm³/mol. The van der Waals surface area contributed by atoms with Crippen LogP contribution in [0.2, 0.25) is 5.02 Å². The first-order valence-corrected chi connectivity index (χ1v) is 6.99. The summed E-state index contributed by atoms with van der Waals surface area (Å²) in [4.78, 5) is 11.6. The molecule has 0 bridgehead atoms. The average Bonchev–Trinajstić information content (AvgIpc) is 3.22.